The molecule has 0 aliphatic carbocycles. The Kier molecular flexibility index (Phi) is 6.04. The Morgan fingerprint density at radius 2 is 1.84 bits per heavy atom. The molecule has 10 heteroatoms. The van der Waals surface area contributed by atoms with Crippen molar-refractivity contribution in [1.29, 1.82) is 0 Å². The lowest BCUT2D eigenvalue weighted by molar-refractivity contribution is -0.113. The van der Waals surface area contributed by atoms with Crippen LogP contribution in [0.4, 0.5) is 14.5 Å². The SMILES string of the molecule is Cc1ccc(-c2nn(C)cc2-c2nnc(SCC(=O)Nc3ccc(F)cc3F)n2C)cc1. The van der Waals surface area contributed by atoms with Gasteiger partial charge in [-0.25, -0.2) is 8.78 Å². The molecule has 1 N–H and O–H groups in total. The summed E-state index contributed by atoms with van der Waals surface area (Å²) in [5, 5.41) is 16.0. The Balaban J connectivity index is 1.51. The zero-order chi connectivity index (χ0) is 22.8. The Morgan fingerprint density at radius 3 is 2.56 bits per heavy atom. The predicted molar refractivity (Wildman–Crippen MR) is 119 cm³/mol. The van der Waals surface area contributed by atoms with Crippen molar-refractivity contribution in [3.8, 4) is 22.6 Å². The molecule has 4 rings (SSSR count). The fraction of sp³-hybridized carbons (Fsp3) is 0.182. The van der Waals surface area contributed by atoms with E-state index in [-0.39, 0.29) is 11.4 Å². The van der Waals surface area contributed by atoms with E-state index in [1.807, 2.05) is 44.4 Å². The fourth-order valence-corrected chi connectivity index (χ4v) is 3.87. The van der Waals surface area contributed by atoms with Crippen LogP contribution in [0.1, 0.15) is 5.56 Å². The zero-order valence-electron chi connectivity index (χ0n) is 17.6. The number of thioether (sulfide) groups is 1. The quantitative estimate of drug-likeness (QED) is 0.442. The molecule has 0 unspecified atom stereocenters. The van der Waals surface area contributed by atoms with Gasteiger partial charge in [0.2, 0.25) is 5.91 Å². The highest BCUT2D eigenvalue weighted by Gasteiger charge is 2.19. The fourth-order valence-electron chi connectivity index (χ4n) is 3.16. The lowest BCUT2D eigenvalue weighted by Gasteiger charge is -2.07. The van der Waals surface area contributed by atoms with Crippen molar-refractivity contribution in [2.24, 2.45) is 14.1 Å². The van der Waals surface area contributed by atoms with Crippen molar-refractivity contribution in [1.82, 2.24) is 24.5 Å². The lowest BCUT2D eigenvalue weighted by atomic mass is 10.1. The van der Waals surface area contributed by atoms with Gasteiger partial charge < -0.3 is 9.88 Å². The van der Waals surface area contributed by atoms with Gasteiger partial charge in [-0.3, -0.25) is 9.48 Å². The molecule has 0 saturated heterocycles. The normalized spacial score (nSPS) is 11.0. The summed E-state index contributed by atoms with van der Waals surface area (Å²) < 4.78 is 30.3. The molecule has 0 spiro atoms. The average Bonchev–Trinajstić information content (AvgIpc) is 3.31. The maximum atomic E-state index is 13.7. The summed E-state index contributed by atoms with van der Waals surface area (Å²) in [5.74, 6) is -1.37. The van der Waals surface area contributed by atoms with Crippen LogP contribution < -0.4 is 5.32 Å². The number of aromatic nitrogens is 5. The number of rotatable bonds is 6. The third-order valence-corrected chi connectivity index (χ3v) is 5.79. The number of hydrogen-bond acceptors (Lipinski definition) is 5. The van der Waals surface area contributed by atoms with Gasteiger partial charge in [-0.05, 0) is 19.1 Å². The van der Waals surface area contributed by atoms with Gasteiger partial charge in [0.1, 0.15) is 17.3 Å². The highest BCUT2D eigenvalue weighted by Crippen LogP contribution is 2.31. The molecule has 0 fully saturated rings. The topological polar surface area (TPSA) is 77.6 Å². The van der Waals surface area contributed by atoms with Gasteiger partial charge in [0.05, 0.1) is 17.0 Å². The summed E-state index contributed by atoms with van der Waals surface area (Å²) in [6.45, 7) is 2.02. The molecule has 2 heterocycles. The van der Waals surface area contributed by atoms with Gasteiger partial charge in [-0.1, -0.05) is 41.6 Å². The molecular formula is C22H20F2N6OS. The van der Waals surface area contributed by atoms with E-state index in [0.29, 0.717) is 11.0 Å². The summed E-state index contributed by atoms with van der Waals surface area (Å²) in [5.41, 5.74) is 3.64. The van der Waals surface area contributed by atoms with Gasteiger partial charge >= 0.3 is 0 Å². The van der Waals surface area contributed by atoms with Crippen molar-refractivity contribution in [2.45, 2.75) is 12.1 Å². The zero-order valence-corrected chi connectivity index (χ0v) is 18.5. The number of nitrogens with zero attached hydrogens (tertiary/aromatic N) is 5. The maximum Gasteiger partial charge on any atom is 0.234 e. The summed E-state index contributed by atoms with van der Waals surface area (Å²) in [7, 11) is 3.65. The molecule has 32 heavy (non-hydrogen) atoms. The first-order valence-corrected chi connectivity index (χ1v) is 10.7. The second kappa shape index (κ2) is 8.91. The second-order valence-corrected chi connectivity index (χ2v) is 8.20. The van der Waals surface area contributed by atoms with Crippen molar-refractivity contribution in [3.63, 3.8) is 0 Å². The summed E-state index contributed by atoms with van der Waals surface area (Å²) in [4.78, 5) is 12.2. The molecule has 0 aliphatic rings. The van der Waals surface area contributed by atoms with Crippen LogP contribution in [0.25, 0.3) is 22.6 Å². The minimum absolute atomic E-state index is 0.0132. The van der Waals surface area contributed by atoms with Crippen LogP contribution in [0, 0.1) is 18.6 Å². The van der Waals surface area contributed by atoms with E-state index < -0.39 is 17.5 Å². The minimum Gasteiger partial charge on any atom is -0.323 e. The number of hydrogen-bond donors (Lipinski definition) is 1. The molecule has 4 aromatic rings. The van der Waals surface area contributed by atoms with Crippen LogP contribution in [-0.2, 0) is 18.9 Å². The standard InChI is InChI=1S/C22H20F2N6OS/c1-13-4-6-14(7-5-13)20-16(11-29(2)28-20)21-26-27-22(30(21)3)32-12-19(31)25-18-9-8-15(23)10-17(18)24/h4-11H,12H2,1-3H3,(H,25,31). The van der Waals surface area contributed by atoms with Crippen LogP contribution in [0.5, 0.6) is 0 Å². The van der Waals surface area contributed by atoms with Gasteiger partial charge in [0.25, 0.3) is 0 Å². The molecular weight excluding hydrogens is 434 g/mol. The second-order valence-electron chi connectivity index (χ2n) is 7.26. The van der Waals surface area contributed by atoms with E-state index in [1.165, 1.54) is 6.07 Å². The monoisotopic (exact) mass is 454 g/mol. The number of benzene rings is 2. The molecule has 0 radical (unpaired) electrons. The summed E-state index contributed by atoms with van der Waals surface area (Å²) >= 11 is 1.16. The summed E-state index contributed by atoms with van der Waals surface area (Å²) in [6, 6.07) is 11.0. The van der Waals surface area contributed by atoms with Gasteiger partial charge in [-0.2, -0.15) is 5.10 Å². The van der Waals surface area contributed by atoms with Crippen LogP contribution in [-0.4, -0.2) is 36.2 Å². The van der Waals surface area contributed by atoms with E-state index in [2.05, 4.69) is 20.6 Å². The Labute approximate surface area is 187 Å². The van der Waals surface area contributed by atoms with Crippen LogP contribution >= 0.6 is 11.8 Å². The first-order chi connectivity index (χ1) is 15.3. The molecule has 0 atom stereocenters. The molecule has 0 aliphatic heterocycles. The largest absolute Gasteiger partial charge is 0.323 e. The number of anilines is 1. The van der Waals surface area contributed by atoms with E-state index in [0.717, 1.165) is 46.3 Å². The van der Waals surface area contributed by atoms with Gasteiger partial charge in [0, 0.05) is 31.9 Å². The van der Waals surface area contributed by atoms with Crippen molar-refractivity contribution in [3.05, 3.63) is 65.9 Å². The minimum atomic E-state index is -0.829. The number of aryl methyl sites for hydroxylation is 2. The molecule has 164 valence electrons. The predicted octanol–water partition coefficient (Wildman–Crippen LogP) is 4.20. The Hall–Kier alpha value is -3.53. The Morgan fingerprint density at radius 1 is 1.09 bits per heavy atom. The van der Waals surface area contributed by atoms with E-state index in [1.54, 1.807) is 16.3 Å². The molecule has 2 aromatic carbocycles. The molecule has 1 amide bonds. The smallest absolute Gasteiger partial charge is 0.234 e. The highest BCUT2D eigenvalue weighted by molar-refractivity contribution is 7.99. The van der Waals surface area contributed by atoms with Crippen LogP contribution in [0.15, 0.2) is 53.8 Å². The molecule has 2 aromatic heterocycles. The molecule has 7 nitrogen and oxygen atoms in total. The molecule has 0 saturated carbocycles. The van der Waals surface area contributed by atoms with E-state index in [4.69, 9.17) is 0 Å². The number of carbonyl (C=O) groups is 1. The summed E-state index contributed by atoms with van der Waals surface area (Å²) in [6.07, 6.45) is 1.87. The number of amides is 1. The van der Waals surface area contributed by atoms with Crippen molar-refractivity contribution in [2.75, 3.05) is 11.1 Å². The number of nitrogens with one attached hydrogen (secondary N) is 1. The molecule has 0 bridgehead atoms. The third-order valence-electron chi connectivity index (χ3n) is 4.77. The maximum absolute atomic E-state index is 13.7. The van der Waals surface area contributed by atoms with Crippen LogP contribution in [0.2, 0.25) is 0 Å². The van der Waals surface area contributed by atoms with E-state index >= 15 is 0 Å². The van der Waals surface area contributed by atoms with E-state index in [9.17, 15) is 13.6 Å². The third kappa shape index (κ3) is 4.54. The first-order valence-electron chi connectivity index (χ1n) is 9.70. The van der Waals surface area contributed by atoms with Crippen LogP contribution in [0.3, 0.4) is 0 Å². The first kappa shape index (κ1) is 21.7. The number of halogens is 2. The average molecular weight is 455 g/mol. The van der Waals surface area contributed by atoms with Crippen molar-refractivity contribution < 1.29 is 13.6 Å². The lowest BCUT2D eigenvalue weighted by Crippen LogP contribution is -2.15. The van der Waals surface area contributed by atoms with Crippen molar-refractivity contribution >= 4 is 23.4 Å². The highest BCUT2D eigenvalue weighted by atomic mass is 32.2. The van der Waals surface area contributed by atoms with Gasteiger partial charge in [0.15, 0.2) is 11.0 Å². The van der Waals surface area contributed by atoms with Gasteiger partial charge in [-0.15, -0.1) is 10.2 Å². The Bertz CT molecular complexity index is 1280. The number of carbonyl (C=O) groups excluding carboxylic acids is 1.